The third-order valence-corrected chi connectivity index (χ3v) is 4.27. The largest absolute Gasteiger partial charge is 0.485 e. The van der Waals surface area contributed by atoms with Crippen LogP contribution in [0.25, 0.3) is 0 Å². The van der Waals surface area contributed by atoms with Crippen molar-refractivity contribution in [3.05, 3.63) is 65.7 Å². The van der Waals surface area contributed by atoms with Gasteiger partial charge in [0, 0.05) is 12.0 Å². The summed E-state index contributed by atoms with van der Waals surface area (Å²) >= 11 is 0. The maximum absolute atomic E-state index is 6.21. The first-order valence-corrected chi connectivity index (χ1v) is 8.11. The number of hydrazone groups is 1. The van der Waals surface area contributed by atoms with E-state index in [-0.39, 0.29) is 6.10 Å². The van der Waals surface area contributed by atoms with Crippen LogP contribution >= 0.6 is 0 Å². The Kier molecular flexibility index (Phi) is 3.99. The van der Waals surface area contributed by atoms with Crippen LogP contribution in [0, 0.1) is 0 Å². The maximum atomic E-state index is 6.21. The highest BCUT2D eigenvalue weighted by molar-refractivity contribution is 6.04. The molecule has 4 nitrogen and oxygen atoms in total. The molecule has 0 N–H and O–H groups in total. The highest BCUT2D eigenvalue weighted by Gasteiger charge is 2.26. The molecule has 1 fully saturated rings. The van der Waals surface area contributed by atoms with Gasteiger partial charge in [0.05, 0.1) is 32.0 Å². The van der Waals surface area contributed by atoms with Gasteiger partial charge >= 0.3 is 0 Å². The van der Waals surface area contributed by atoms with E-state index in [2.05, 4.69) is 35.3 Å². The SMILES string of the molecule is c1ccc(C2CC(=NN3CCOCC3)c3ccccc3O2)cc1. The third kappa shape index (κ3) is 3.08. The zero-order chi connectivity index (χ0) is 15.5. The van der Waals surface area contributed by atoms with Gasteiger partial charge in [-0.15, -0.1) is 0 Å². The van der Waals surface area contributed by atoms with Gasteiger partial charge in [0.15, 0.2) is 0 Å². The molecule has 1 unspecified atom stereocenters. The summed E-state index contributed by atoms with van der Waals surface area (Å²) in [4.78, 5) is 0. The standard InChI is InChI=1S/C19H20N2O2/c1-2-6-15(7-3-1)19-14-17(20-21-10-12-22-13-11-21)16-8-4-5-9-18(16)23-19/h1-9,19H,10-14H2. The van der Waals surface area contributed by atoms with E-state index >= 15 is 0 Å². The molecule has 2 aromatic carbocycles. The molecule has 0 saturated carbocycles. The molecule has 118 valence electrons. The minimum absolute atomic E-state index is 0.0193. The Morgan fingerprint density at radius 1 is 0.913 bits per heavy atom. The fraction of sp³-hybridized carbons (Fsp3) is 0.316. The van der Waals surface area contributed by atoms with E-state index in [4.69, 9.17) is 14.6 Å². The topological polar surface area (TPSA) is 34.1 Å². The van der Waals surface area contributed by atoms with E-state index in [0.717, 1.165) is 49.7 Å². The molecule has 0 bridgehead atoms. The Labute approximate surface area is 136 Å². The van der Waals surface area contributed by atoms with Gasteiger partial charge in [-0.2, -0.15) is 5.10 Å². The number of ether oxygens (including phenoxy) is 2. The Hall–Kier alpha value is -2.33. The van der Waals surface area contributed by atoms with Gasteiger partial charge in [-0.05, 0) is 17.7 Å². The second-order valence-corrected chi connectivity index (χ2v) is 5.83. The number of morpholine rings is 1. The highest BCUT2D eigenvalue weighted by Crippen LogP contribution is 2.35. The van der Waals surface area contributed by atoms with Crippen molar-refractivity contribution in [2.24, 2.45) is 5.10 Å². The first kappa shape index (κ1) is 14.3. The lowest BCUT2D eigenvalue weighted by atomic mass is 9.96. The van der Waals surface area contributed by atoms with Crippen molar-refractivity contribution in [3.8, 4) is 5.75 Å². The number of fused-ring (bicyclic) bond motifs is 1. The summed E-state index contributed by atoms with van der Waals surface area (Å²) in [6, 6.07) is 18.5. The van der Waals surface area contributed by atoms with Crippen LogP contribution in [0.4, 0.5) is 0 Å². The molecule has 2 aliphatic rings. The molecule has 0 aliphatic carbocycles. The Balaban J connectivity index is 1.67. The van der Waals surface area contributed by atoms with E-state index in [9.17, 15) is 0 Å². The number of hydrogen-bond donors (Lipinski definition) is 0. The smallest absolute Gasteiger partial charge is 0.129 e. The number of para-hydroxylation sites is 1. The predicted molar refractivity (Wildman–Crippen MR) is 89.8 cm³/mol. The lowest BCUT2D eigenvalue weighted by Crippen LogP contribution is -2.34. The summed E-state index contributed by atoms with van der Waals surface area (Å²) < 4.78 is 11.6. The minimum atomic E-state index is 0.0193. The van der Waals surface area contributed by atoms with Crippen molar-refractivity contribution in [1.82, 2.24) is 5.01 Å². The zero-order valence-corrected chi connectivity index (χ0v) is 13.0. The van der Waals surface area contributed by atoms with Crippen molar-refractivity contribution < 1.29 is 9.47 Å². The number of benzene rings is 2. The average molecular weight is 308 g/mol. The molecular formula is C19H20N2O2. The summed E-state index contributed by atoms with van der Waals surface area (Å²) in [5.41, 5.74) is 3.39. The molecular weight excluding hydrogens is 288 g/mol. The molecule has 4 heteroatoms. The molecule has 23 heavy (non-hydrogen) atoms. The van der Waals surface area contributed by atoms with Crippen LogP contribution in [0.3, 0.4) is 0 Å². The molecule has 0 radical (unpaired) electrons. The normalized spacial score (nSPS) is 22.5. The molecule has 1 atom stereocenters. The second-order valence-electron chi connectivity index (χ2n) is 5.83. The fourth-order valence-corrected chi connectivity index (χ4v) is 3.06. The Morgan fingerprint density at radius 3 is 2.48 bits per heavy atom. The number of rotatable bonds is 2. The fourth-order valence-electron chi connectivity index (χ4n) is 3.06. The Bertz CT molecular complexity index is 694. The quantitative estimate of drug-likeness (QED) is 0.854. The molecule has 4 rings (SSSR count). The summed E-state index contributed by atoms with van der Waals surface area (Å²) in [5.74, 6) is 0.916. The van der Waals surface area contributed by atoms with E-state index in [1.54, 1.807) is 0 Å². The predicted octanol–water partition coefficient (Wildman–Crippen LogP) is 3.25. The van der Waals surface area contributed by atoms with Crippen LogP contribution in [0.2, 0.25) is 0 Å². The summed E-state index contributed by atoms with van der Waals surface area (Å²) in [6.45, 7) is 3.19. The van der Waals surface area contributed by atoms with Crippen LogP contribution in [0.15, 0.2) is 59.7 Å². The minimum Gasteiger partial charge on any atom is -0.485 e. The molecule has 0 spiro atoms. The summed E-state index contributed by atoms with van der Waals surface area (Å²) in [6.07, 6.45) is 0.809. The first-order valence-electron chi connectivity index (χ1n) is 8.11. The molecule has 1 saturated heterocycles. The van der Waals surface area contributed by atoms with E-state index in [1.165, 1.54) is 5.56 Å². The van der Waals surface area contributed by atoms with Crippen LogP contribution in [-0.4, -0.2) is 37.0 Å². The van der Waals surface area contributed by atoms with Gasteiger partial charge in [-0.25, -0.2) is 0 Å². The number of nitrogens with zero attached hydrogens (tertiary/aromatic N) is 2. The molecule has 0 aromatic heterocycles. The van der Waals surface area contributed by atoms with Crippen LogP contribution in [0.1, 0.15) is 23.7 Å². The third-order valence-electron chi connectivity index (χ3n) is 4.27. The average Bonchev–Trinajstić information content (AvgIpc) is 2.63. The van der Waals surface area contributed by atoms with Crippen molar-refractivity contribution in [3.63, 3.8) is 0 Å². The van der Waals surface area contributed by atoms with E-state index in [1.807, 2.05) is 24.3 Å². The summed E-state index contributed by atoms with van der Waals surface area (Å²) in [5, 5.41) is 7.02. The lowest BCUT2D eigenvalue weighted by Gasteiger charge is -2.30. The van der Waals surface area contributed by atoms with E-state index < -0.39 is 0 Å². The van der Waals surface area contributed by atoms with Crippen molar-refractivity contribution in [2.45, 2.75) is 12.5 Å². The maximum Gasteiger partial charge on any atom is 0.129 e. The van der Waals surface area contributed by atoms with E-state index in [0.29, 0.717) is 0 Å². The first-order chi connectivity index (χ1) is 11.4. The number of hydrogen-bond acceptors (Lipinski definition) is 4. The van der Waals surface area contributed by atoms with Gasteiger partial charge < -0.3 is 9.47 Å². The highest BCUT2D eigenvalue weighted by atomic mass is 16.5. The van der Waals surface area contributed by atoms with Gasteiger partial charge in [0.25, 0.3) is 0 Å². The van der Waals surface area contributed by atoms with Crippen molar-refractivity contribution >= 4 is 5.71 Å². The van der Waals surface area contributed by atoms with Crippen LogP contribution in [0.5, 0.6) is 5.75 Å². The zero-order valence-electron chi connectivity index (χ0n) is 13.0. The van der Waals surface area contributed by atoms with Gasteiger partial charge in [0.1, 0.15) is 11.9 Å². The summed E-state index contributed by atoms with van der Waals surface area (Å²) in [7, 11) is 0. The molecule has 2 aliphatic heterocycles. The van der Waals surface area contributed by atoms with Crippen molar-refractivity contribution in [2.75, 3.05) is 26.3 Å². The monoisotopic (exact) mass is 308 g/mol. The molecule has 2 aromatic rings. The second kappa shape index (κ2) is 6.42. The lowest BCUT2D eigenvalue weighted by molar-refractivity contribution is 0.0390. The van der Waals surface area contributed by atoms with Gasteiger partial charge in [0.2, 0.25) is 0 Å². The van der Waals surface area contributed by atoms with Crippen LogP contribution in [-0.2, 0) is 4.74 Å². The Morgan fingerprint density at radius 2 is 1.65 bits per heavy atom. The van der Waals surface area contributed by atoms with Crippen molar-refractivity contribution in [1.29, 1.82) is 0 Å². The molecule has 2 heterocycles. The molecule has 0 amide bonds. The van der Waals surface area contributed by atoms with Gasteiger partial charge in [-0.3, -0.25) is 5.01 Å². The van der Waals surface area contributed by atoms with Crippen LogP contribution < -0.4 is 4.74 Å². The van der Waals surface area contributed by atoms with Gasteiger partial charge in [-0.1, -0.05) is 42.5 Å².